The van der Waals surface area contributed by atoms with Gasteiger partial charge in [0.25, 0.3) is 0 Å². The average Bonchev–Trinajstić information content (AvgIpc) is 2.60. The first-order valence-electron chi connectivity index (χ1n) is 7.63. The van der Waals surface area contributed by atoms with Gasteiger partial charge in [0.1, 0.15) is 13.2 Å². The highest BCUT2D eigenvalue weighted by molar-refractivity contribution is 5.85. The zero-order valence-electron chi connectivity index (χ0n) is 13.4. The molecule has 0 aliphatic heterocycles. The number of benzene rings is 2. The minimum absolute atomic E-state index is 0. The predicted molar refractivity (Wildman–Crippen MR) is 93.6 cm³/mol. The summed E-state index contributed by atoms with van der Waals surface area (Å²) in [4.78, 5) is 23.2. The second kappa shape index (κ2) is 11.2. The van der Waals surface area contributed by atoms with Crippen LogP contribution >= 0.6 is 12.4 Å². The van der Waals surface area contributed by atoms with Gasteiger partial charge in [0.2, 0.25) is 0 Å². The molecule has 5 heteroatoms. The van der Waals surface area contributed by atoms with Crippen molar-refractivity contribution in [3.8, 4) is 0 Å². The fourth-order valence-electron chi connectivity index (χ4n) is 2.00. The molecule has 24 heavy (non-hydrogen) atoms. The van der Waals surface area contributed by atoms with Crippen LogP contribution in [0.1, 0.15) is 30.4 Å². The molecule has 0 aromatic heterocycles. The molecular weight excluding hydrogens is 328 g/mol. The number of hydrogen-bond donors (Lipinski definition) is 0. The lowest BCUT2D eigenvalue weighted by Gasteiger charge is -2.06. The first-order chi connectivity index (χ1) is 11.2. The molecule has 0 saturated heterocycles. The van der Waals surface area contributed by atoms with Crippen molar-refractivity contribution < 1.29 is 19.1 Å². The second-order valence-electron chi connectivity index (χ2n) is 5.15. The van der Waals surface area contributed by atoms with Crippen LogP contribution in [0.4, 0.5) is 0 Å². The predicted octanol–water partition coefficient (Wildman–Crippen LogP) is 4.07. The van der Waals surface area contributed by atoms with Crippen LogP contribution < -0.4 is 0 Å². The lowest BCUT2D eigenvalue weighted by molar-refractivity contribution is -0.146. The Morgan fingerprint density at radius 2 is 1.04 bits per heavy atom. The molecule has 0 saturated carbocycles. The fourth-order valence-corrected chi connectivity index (χ4v) is 2.00. The molecule has 0 amide bonds. The Kier molecular flexibility index (Phi) is 9.24. The van der Waals surface area contributed by atoms with Crippen molar-refractivity contribution >= 4 is 24.3 Å². The van der Waals surface area contributed by atoms with Gasteiger partial charge in [0.15, 0.2) is 0 Å². The van der Waals surface area contributed by atoms with Crippen LogP contribution in [0.2, 0.25) is 0 Å². The summed E-state index contributed by atoms with van der Waals surface area (Å²) >= 11 is 0. The third kappa shape index (κ3) is 7.79. The van der Waals surface area contributed by atoms with Crippen LogP contribution in [0.25, 0.3) is 0 Å². The van der Waals surface area contributed by atoms with Crippen molar-refractivity contribution in [2.24, 2.45) is 0 Å². The Hall–Kier alpha value is -2.33. The molecule has 2 aromatic rings. The maximum Gasteiger partial charge on any atom is 0.306 e. The van der Waals surface area contributed by atoms with Gasteiger partial charge in [0, 0.05) is 12.8 Å². The van der Waals surface area contributed by atoms with Gasteiger partial charge in [-0.15, -0.1) is 12.4 Å². The van der Waals surface area contributed by atoms with Crippen LogP contribution in [-0.2, 0) is 32.3 Å². The van der Waals surface area contributed by atoms with E-state index in [0.29, 0.717) is 6.42 Å². The molecule has 2 rings (SSSR count). The SMILES string of the molecule is Cl.O=C(CCCC(=O)OCc1ccccc1)OCc1ccccc1. The molecule has 0 bridgehead atoms. The molecule has 0 aliphatic rings. The quantitative estimate of drug-likeness (QED) is 0.675. The normalized spacial score (nSPS) is 9.67. The Bertz CT molecular complexity index is 558. The molecule has 0 aliphatic carbocycles. The minimum Gasteiger partial charge on any atom is -0.461 e. The van der Waals surface area contributed by atoms with E-state index in [2.05, 4.69) is 0 Å². The van der Waals surface area contributed by atoms with Crippen molar-refractivity contribution in [2.45, 2.75) is 32.5 Å². The highest BCUT2D eigenvalue weighted by Crippen LogP contribution is 2.06. The number of rotatable bonds is 8. The maximum atomic E-state index is 11.6. The van der Waals surface area contributed by atoms with Crippen molar-refractivity contribution in [2.75, 3.05) is 0 Å². The number of ether oxygens (including phenoxy) is 2. The number of carbonyl (C=O) groups is 2. The summed E-state index contributed by atoms with van der Waals surface area (Å²) in [5, 5.41) is 0. The van der Waals surface area contributed by atoms with Gasteiger partial charge in [-0.05, 0) is 17.5 Å². The Balaban J connectivity index is 0.00000288. The molecule has 0 unspecified atom stereocenters. The van der Waals surface area contributed by atoms with Crippen molar-refractivity contribution in [3.05, 3.63) is 71.8 Å². The Labute approximate surface area is 148 Å². The van der Waals surface area contributed by atoms with Gasteiger partial charge in [0.05, 0.1) is 0 Å². The summed E-state index contributed by atoms with van der Waals surface area (Å²) in [5.74, 6) is -0.602. The highest BCUT2D eigenvalue weighted by atomic mass is 35.5. The monoisotopic (exact) mass is 348 g/mol. The third-order valence-corrected chi connectivity index (χ3v) is 3.25. The largest absolute Gasteiger partial charge is 0.461 e. The Morgan fingerprint density at radius 1 is 0.667 bits per heavy atom. The first kappa shape index (κ1) is 19.7. The lowest BCUT2D eigenvalue weighted by atomic mass is 10.2. The fraction of sp³-hybridized carbons (Fsp3) is 0.263. The van der Waals surface area contributed by atoms with Gasteiger partial charge in [-0.3, -0.25) is 9.59 Å². The molecule has 0 radical (unpaired) electrons. The maximum absolute atomic E-state index is 11.6. The van der Waals surface area contributed by atoms with Gasteiger partial charge in [-0.2, -0.15) is 0 Å². The molecule has 0 N–H and O–H groups in total. The lowest BCUT2D eigenvalue weighted by Crippen LogP contribution is -2.08. The van der Waals surface area contributed by atoms with E-state index in [4.69, 9.17) is 9.47 Å². The second-order valence-corrected chi connectivity index (χ2v) is 5.15. The first-order valence-corrected chi connectivity index (χ1v) is 7.63. The summed E-state index contributed by atoms with van der Waals surface area (Å²) in [6.45, 7) is 0.524. The van der Waals surface area contributed by atoms with Crippen LogP contribution in [-0.4, -0.2) is 11.9 Å². The number of hydrogen-bond acceptors (Lipinski definition) is 4. The van der Waals surface area contributed by atoms with Crippen LogP contribution in [0.5, 0.6) is 0 Å². The summed E-state index contributed by atoms with van der Waals surface area (Å²) in [5.41, 5.74) is 1.89. The van der Waals surface area contributed by atoms with Gasteiger partial charge < -0.3 is 9.47 Å². The molecule has 0 fully saturated rings. The molecule has 2 aromatic carbocycles. The molecule has 0 heterocycles. The summed E-state index contributed by atoms with van der Waals surface area (Å²) in [6, 6.07) is 19.0. The van der Waals surface area contributed by atoms with Crippen molar-refractivity contribution in [1.82, 2.24) is 0 Å². The third-order valence-electron chi connectivity index (χ3n) is 3.25. The van der Waals surface area contributed by atoms with E-state index in [1.807, 2.05) is 60.7 Å². The minimum atomic E-state index is -0.301. The van der Waals surface area contributed by atoms with Crippen molar-refractivity contribution in [1.29, 1.82) is 0 Å². The number of carbonyl (C=O) groups excluding carboxylic acids is 2. The average molecular weight is 349 g/mol. The van der Waals surface area contributed by atoms with E-state index in [0.717, 1.165) is 11.1 Å². The molecule has 128 valence electrons. The molecule has 4 nitrogen and oxygen atoms in total. The van der Waals surface area contributed by atoms with E-state index in [1.54, 1.807) is 0 Å². The zero-order valence-corrected chi connectivity index (χ0v) is 14.2. The molecule has 0 spiro atoms. The van der Waals surface area contributed by atoms with Crippen LogP contribution in [0, 0.1) is 0 Å². The van der Waals surface area contributed by atoms with E-state index in [9.17, 15) is 9.59 Å². The Morgan fingerprint density at radius 3 is 1.42 bits per heavy atom. The van der Waals surface area contributed by atoms with Gasteiger partial charge in [-0.1, -0.05) is 60.7 Å². The number of esters is 2. The summed E-state index contributed by atoms with van der Waals surface area (Å²) < 4.78 is 10.3. The molecular formula is C19H21ClO4. The standard InChI is InChI=1S/C19H20O4.ClH/c20-18(22-14-16-8-3-1-4-9-16)12-7-13-19(21)23-15-17-10-5-2-6-11-17;/h1-6,8-11H,7,12-15H2;1H. The van der Waals surface area contributed by atoms with E-state index >= 15 is 0 Å². The summed E-state index contributed by atoms with van der Waals surface area (Å²) in [7, 11) is 0. The molecule has 0 atom stereocenters. The number of halogens is 1. The topological polar surface area (TPSA) is 52.6 Å². The summed E-state index contributed by atoms with van der Waals surface area (Å²) in [6.07, 6.45) is 0.863. The van der Waals surface area contributed by atoms with E-state index < -0.39 is 0 Å². The van der Waals surface area contributed by atoms with Gasteiger partial charge >= 0.3 is 11.9 Å². The van der Waals surface area contributed by atoms with Crippen LogP contribution in [0.15, 0.2) is 60.7 Å². The van der Waals surface area contributed by atoms with Crippen molar-refractivity contribution in [3.63, 3.8) is 0 Å². The van der Waals surface area contributed by atoms with Crippen LogP contribution in [0.3, 0.4) is 0 Å². The van der Waals surface area contributed by atoms with Gasteiger partial charge in [-0.25, -0.2) is 0 Å². The van der Waals surface area contributed by atoms with E-state index in [-0.39, 0.29) is 50.4 Å². The van der Waals surface area contributed by atoms with E-state index in [1.165, 1.54) is 0 Å². The smallest absolute Gasteiger partial charge is 0.306 e. The zero-order chi connectivity index (χ0) is 16.3. The highest BCUT2D eigenvalue weighted by Gasteiger charge is 2.08.